The third-order valence-corrected chi connectivity index (χ3v) is 3.50. The first-order valence-corrected chi connectivity index (χ1v) is 8.37. The number of benzene rings is 2. The zero-order valence-electron chi connectivity index (χ0n) is 14.7. The summed E-state index contributed by atoms with van der Waals surface area (Å²) in [6.45, 7) is 6.37. The summed E-state index contributed by atoms with van der Waals surface area (Å²) in [7, 11) is 0. The van der Waals surface area contributed by atoms with Crippen LogP contribution in [0.5, 0.6) is 11.5 Å². The van der Waals surface area contributed by atoms with Gasteiger partial charge in [0.1, 0.15) is 11.5 Å². The molecular weight excluding hydrogens is 296 g/mol. The molecule has 0 unspecified atom stereocenters. The van der Waals surface area contributed by atoms with Gasteiger partial charge in [-0.3, -0.25) is 0 Å². The molecule has 0 aromatic heterocycles. The number of allylic oxidation sites excluding steroid dienone is 3. The molecule has 0 spiro atoms. The second-order valence-electron chi connectivity index (χ2n) is 6.06. The Morgan fingerprint density at radius 2 is 1.33 bits per heavy atom. The first-order chi connectivity index (χ1) is 11.6. The fraction of sp³-hybridized carbons (Fsp3) is 0.273. The molecule has 0 aliphatic rings. The van der Waals surface area contributed by atoms with Crippen LogP contribution in [0, 0.1) is 0 Å². The largest absolute Gasteiger partial charge is 0.451 e. The van der Waals surface area contributed by atoms with Crippen LogP contribution in [-0.2, 0) is 0 Å². The molecule has 0 bridgehead atoms. The van der Waals surface area contributed by atoms with Crippen molar-refractivity contribution in [3.63, 3.8) is 0 Å². The molecule has 0 heterocycles. The smallest absolute Gasteiger partial charge is 0.260 e. The van der Waals surface area contributed by atoms with Gasteiger partial charge in [-0.1, -0.05) is 53.6 Å². The van der Waals surface area contributed by atoms with E-state index in [0.717, 1.165) is 24.3 Å². The average Bonchev–Trinajstić information content (AvgIpc) is 2.56. The highest BCUT2D eigenvalue weighted by Crippen LogP contribution is 2.18. The van der Waals surface area contributed by atoms with Gasteiger partial charge in [-0.2, -0.15) is 0 Å². The maximum absolute atomic E-state index is 6.00. The van der Waals surface area contributed by atoms with E-state index < -0.39 is 6.29 Å². The Hall–Kier alpha value is -2.48. The molecule has 0 atom stereocenters. The predicted octanol–water partition coefficient (Wildman–Crippen LogP) is 6.16. The van der Waals surface area contributed by atoms with Crippen molar-refractivity contribution in [1.82, 2.24) is 0 Å². The summed E-state index contributed by atoms with van der Waals surface area (Å²) < 4.78 is 12.0. The second kappa shape index (κ2) is 9.61. The molecule has 0 amide bonds. The molecule has 0 saturated heterocycles. The van der Waals surface area contributed by atoms with Gasteiger partial charge in [0.25, 0.3) is 6.29 Å². The first-order valence-electron chi connectivity index (χ1n) is 8.37. The highest BCUT2D eigenvalue weighted by Gasteiger charge is 2.10. The van der Waals surface area contributed by atoms with Crippen LogP contribution >= 0.6 is 0 Å². The van der Waals surface area contributed by atoms with E-state index in [1.165, 1.54) is 11.1 Å². The topological polar surface area (TPSA) is 18.5 Å². The predicted molar refractivity (Wildman–Crippen MR) is 100 cm³/mol. The lowest BCUT2D eigenvalue weighted by molar-refractivity contribution is 0.0464. The highest BCUT2D eigenvalue weighted by molar-refractivity contribution is 5.24. The van der Waals surface area contributed by atoms with Crippen LogP contribution in [0.3, 0.4) is 0 Å². The molecule has 2 heteroatoms. The van der Waals surface area contributed by atoms with Gasteiger partial charge in [0.2, 0.25) is 0 Å². The Balaban J connectivity index is 2.08. The molecule has 0 radical (unpaired) electrons. The molecule has 2 nitrogen and oxygen atoms in total. The van der Waals surface area contributed by atoms with Gasteiger partial charge in [0, 0.05) is 0 Å². The molecule has 2 rings (SSSR count). The van der Waals surface area contributed by atoms with Gasteiger partial charge >= 0.3 is 0 Å². The summed E-state index contributed by atoms with van der Waals surface area (Å²) in [5.41, 5.74) is 2.60. The number of hydrogen-bond acceptors (Lipinski definition) is 2. The van der Waals surface area contributed by atoms with E-state index >= 15 is 0 Å². The molecule has 0 N–H and O–H groups in total. The standard InChI is InChI=1S/C22H26O2/c1-18(2)11-10-12-19(3)17-22(23-20-13-6-4-7-14-20)24-21-15-8-5-9-16-21/h4-9,11,13-17,22H,10,12H2,1-3H3/b19-17+. The SMILES string of the molecule is CC(C)=CCC/C(C)=C/C(Oc1ccccc1)Oc1ccccc1. The third kappa shape index (κ3) is 6.74. The van der Waals surface area contributed by atoms with E-state index in [4.69, 9.17) is 9.47 Å². The van der Waals surface area contributed by atoms with Crippen LogP contribution in [-0.4, -0.2) is 6.29 Å². The van der Waals surface area contributed by atoms with Crippen LogP contribution in [0.25, 0.3) is 0 Å². The van der Waals surface area contributed by atoms with Gasteiger partial charge in [-0.25, -0.2) is 0 Å². The van der Waals surface area contributed by atoms with Crippen molar-refractivity contribution < 1.29 is 9.47 Å². The zero-order chi connectivity index (χ0) is 17.2. The minimum Gasteiger partial charge on any atom is -0.451 e. The highest BCUT2D eigenvalue weighted by atomic mass is 16.7. The van der Waals surface area contributed by atoms with Crippen molar-refractivity contribution >= 4 is 0 Å². The first kappa shape index (κ1) is 17.9. The van der Waals surface area contributed by atoms with Crippen molar-refractivity contribution in [3.05, 3.63) is 84.0 Å². The monoisotopic (exact) mass is 322 g/mol. The molecule has 2 aromatic carbocycles. The molecule has 0 aliphatic carbocycles. The summed E-state index contributed by atoms with van der Waals surface area (Å²) in [5, 5.41) is 0. The Morgan fingerprint density at radius 1 is 0.833 bits per heavy atom. The minimum absolute atomic E-state index is 0.443. The van der Waals surface area contributed by atoms with Gasteiger partial charge in [0.05, 0.1) is 0 Å². The van der Waals surface area contributed by atoms with E-state index in [9.17, 15) is 0 Å². The fourth-order valence-electron chi connectivity index (χ4n) is 2.26. The summed E-state index contributed by atoms with van der Waals surface area (Å²) >= 11 is 0. The molecular formula is C22H26O2. The number of para-hydroxylation sites is 2. The summed E-state index contributed by atoms with van der Waals surface area (Å²) in [5.74, 6) is 1.60. The van der Waals surface area contributed by atoms with Crippen molar-refractivity contribution in [2.75, 3.05) is 0 Å². The third-order valence-electron chi connectivity index (χ3n) is 3.50. The summed E-state index contributed by atoms with van der Waals surface area (Å²) in [4.78, 5) is 0. The van der Waals surface area contributed by atoms with Crippen molar-refractivity contribution in [2.24, 2.45) is 0 Å². The summed E-state index contributed by atoms with van der Waals surface area (Å²) in [6.07, 6.45) is 5.90. The van der Waals surface area contributed by atoms with E-state index in [-0.39, 0.29) is 0 Å². The quantitative estimate of drug-likeness (QED) is 0.428. The van der Waals surface area contributed by atoms with Gasteiger partial charge in [-0.15, -0.1) is 0 Å². The van der Waals surface area contributed by atoms with Gasteiger partial charge in [-0.05, 0) is 64.0 Å². The maximum Gasteiger partial charge on any atom is 0.260 e. The Kier molecular flexibility index (Phi) is 7.16. The number of ether oxygens (including phenoxy) is 2. The lowest BCUT2D eigenvalue weighted by Crippen LogP contribution is -2.22. The fourth-order valence-corrected chi connectivity index (χ4v) is 2.26. The van der Waals surface area contributed by atoms with Crippen LogP contribution in [0.4, 0.5) is 0 Å². The minimum atomic E-state index is -0.443. The summed E-state index contributed by atoms with van der Waals surface area (Å²) in [6, 6.07) is 19.5. The Labute approximate surface area is 145 Å². The van der Waals surface area contributed by atoms with Crippen molar-refractivity contribution in [1.29, 1.82) is 0 Å². The van der Waals surface area contributed by atoms with Crippen molar-refractivity contribution in [3.8, 4) is 11.5 Å². The maximum atomic E-state index is 6.00. The van der Waals surface area contributed by atoms with Crippen LogP contribution in [0.15, 0.2) is 84.0 Å². The molecule has 0 aliphatic heterocycles. The van der Waals surface area contributed by atoms with E-state index in [2.05, 4.69) is 32.9 Å². The van der Waals surface area contributed by atoms with Crippen LogP contribution in [0.2, 0.25) is 0 Å². The Bertz CT molecular complexity index is 611. The van der Waals surface area contributed by atoms with Crippen LogP contribution < -0.4 is 9.47 Å². The zero-order valence-corrected chi connectivity index (χ0v) is 14.7. The Morgan fingerprint density at radius 3 is 1.79 bits per heavy atom. The molecule has 0 saturated carbocycles. The van der Waals surface area contributed by atoms with Gasteiger partial charge in [0.15, 0.2) is 0 Å². The normalized spacial score (nSPS) is 11.2. The number of rotatable bonds is 8. The molecule has 2 aromatic rings. The lowest BCUT2D eigenvalue weighted by atomic mass is 10.1. The average molecular weight is 322 g/mol. The van der Waals surface area contributed by atoms with E-state index in [1.54, 1.807) is 0 Å². The van der Waals surface area contributed by atoms with E-state index in [1.807, 2.05) is 60.7 Å². The second-order valence-corrected chi connectivity index (χ2v) is 6.06. The van der Waals surface area contributed by atoms with Crippen LogP contribution in [0.1, 0.15) is 33.6 Å². The lowest BCUT2D eigenvalue weighted by Gasteiger charge is -2.18. The molecule has 0 fully saturated rings. The van der Waals surface area contributed by atoms with E-state index in [0.29, 0.717) is 0 Å². The van der Waals surface area contributed by atoms with Crippen molar-refractivity contribution in [2.45, 2.75) is 39.9 Å². The molecule has 126 valence electrons. The van der Waals surface area contributed by atoms with Gasteiger partial charge < -0.3 is 9.47 Å². The molecule has 24 heavy (non-hydrogen) atoms. The number of hydrogen-bond donors (Lipinski definition) is 0.